The normalized spacial score (nSPS) is 11.7. The van der Waals surface area contributed by atoms with E-state index in [0.29, 0.717) is 11.3 Å². The Morgan fingerprint density at radius 2 is 2.00 bits per heavy atom. The molecule has 4 N–H and O–H groups in total. The number of hydrogen-bond acceptors (Lipinski definition) is 4. The van der Waals surface area contributed by atoms with E-state index in [4.69, 9.17) is 10.8 Å². The van der Waals surface area contributed by atoms with Gasteiger partial charge in [-0.15, -0.1) is 0 Å². The molecule has 90 valence electrons. The maximum absolute atomic E-state index is 11.8. The third kappa shape index (κ3) is 2.72. The molecule has 0 spiro atoms. The number of aliphatic hydroxyl groups excluding tert-OH is 1. The summed E-state index contributed by atoms with van der Waals surface area (Å²) in [7, 11) is -3.59. The zero-order chi connectivity index (χ0) is 12.3. The van der Waals surface area contributed by atoms with E-state index in [0.717, 1.165) is 5.56 Å². The number of aryl methyl sites for hydroxylation is 1. The van der Waals surface area contributed by atoms with E-state index < -0.39 is 10.0 Å². The van der Waals surface area contributed by atoms with Crippen LogP contribution in [-0.4, -0.2) is 26.7 Å². The first kappa shape index (κ1) is 13.0. The number of nitrogens with two attached hydrogens (primary N) is 1. The first-order valence-electron chi connectivity index (χ1n) is 4.85. The van der Waals surface area contributed by atoms with Crippen molar-refractivity contribution in [1.29, 1.82) is 0 Å². The number of aliphatic hydroxyl groups is 1. The van der Waals surface area contributed by atoms with Gasteiger partial charge in [-0.1, -0.05) is 0 Å². The lowest BCUT2D eigenvalue weighted by molar-refractivity contribution is 0.301. The van der Waals surface area contributed by atoms with Gasteiger partial charge >= 0.3 is 0 Å². The van der Waals surface area contributed by atoms with Gasteiger partial charge in [-0.05, 0) is 37.1 Å². The second-order valence-electron chi connectivity index (χ2n) is 3.60. The molecule has 0 bridgehead atoms. The lowest BCUT2D eigenvalue weighted by Crippen LogP contribution is -2.27. The van der Waals surface area contributed by atoms with Gasteiger partial charge in [0.15, 0.2) is 0 Å². The van der Waals surface area contributed by atoms with Gasteiger partial charge in [0.2, 0.25) is 10.0 Å². The minimum atomic E-state index is -3.59. The molecular formula is C10H16N2O3S. The summed E-state index contributed by atoms with van der Waals surface area (Å²) in [6, 6.07) is 3.28. The molecule has 0 heterocycles. The summed E-state index contributed by atoms with van der Waals surface area (Å²) in [5, 5.41) is 8.60. The maximum Gasteiger partial charge on any atom is 0.240 e. The van der Waals surface area contributed by atoms with Gasteiger partial charge in [-0.25, -0.2) is 13.1 Å². The van der Waals surface area contributed by atoms with E-state index in [1.807, 2.05) is 0 Å². The predicted molar refractivity (Wildman–Crippen MR) is 62.6 cm³/mol. The summed E-state index contributed by atoms with van der Waals surface area (Å²) >= 11 is 0. The molecule has 0 aromatic heterocycles. The summed E-state index contributed by atoms with van der Waals surface area (Å²) in [5.41, 5.74) is 7.46. The van der Waals surface area contributed by atoms with Crippen LogP contribution in [-0.2, 0) is 10.0 Å². The molecule has 1 aromatic rings. The van der Waals surface area contributed by atoms with Gasteiger partial charge in [0.1, 0.15) is 0 Å². The highest BCUT2D eigenvalue weighted by atomic mass is 32.2. The first-order valence-corrected chi connectivity index (χ1v) is 6.34. The largest absolute Gasteiger partial charge is 0.398 e. The van der Waals surface area contributed by atoms with Crippen molar-refractivity contribution >= 4 is 15.7 Å². The number of sulfonamides is 1. The second-order valence-corrected chi connectivity index (χ2v) is 5.33. The van der Waals surface area contributed by atoms with E-state index >= 15 is 0 Å². The number of anilines is 1. The Morgan fingerprint density at radius 1 is 1.38 bits per heavy atom. The molecule has 0 aliphatic heterocycles. The Balaban J connectivity index is 3.22. The van der Waals surface area contributed by atoms with E-state index in [2.05, 4.69) is 4.72 Å². The summed E-state index contributed by atoms with van der Waals surface area (Å²) in [6.45, 7) is 3.19. The van der Waals surface area contributed by atoms with E-state index in [1.165, 1.54) is 0 Å². The van der Waals surface area contributed by atoms with Crippen molar-refractivity contribution in [2.75, 3.05) is 18.9 Å². The van der Waals surface area contributed by atoms with Crippen LogP contribution in [0.5, 0.6) is 0 Å². The molecule has 0 aliphatic carbocycles. The molecule has 0 aliphatic rings. The highest BCUT2D eigenvalue weighted by Gasteiger charge is 2.17. The standard InChI is InChI=1S/C10H16N2O3S/c1-7-5-9(11)8(2)10(6-7)16(14,15)12-3-4-13/h5-6,12-13H,3-4,11H2,1-2H3. The molecule has 0 atom stereocenters. The highest BCUT2D eigenvalue weighted by molar-refractivity contribution is 7.89. The van der Waals surface area contributed by atoms with Crippen molar-refractivity contribution < 1.29 is 13.5 Å². The Labute approximate surface area is 95.3 Å². The molecule has 0 fully saturated rings. The lowest BCUT2D eigenvalue weighted by Gasteiger charge is -2.11. The van der Waals surface area contributed by atoms with Crippen LogP contribution < -0.4 is 10.5 Å². The highest BCUT2D eigenvalue weighted by Crippen LogP contribution is 2.22. The number of rotatable bonds is 4. The SMILES string of the molecule is Cc1cc(N)c(C)c(S(=O)(=O)NCCO)c1. The van der Waals surface area contributed by atoms with Crippen molar-refractivity contribution in [3.63, 3.8) is 0 Å². The minimum Gasteiger partial charge on any atom is -0.398 e. The summed E-state index contributed by atoms with van der Waals surface area (Å²) < 4.78 is 26.0. The topological polar surface area (TPSA) is 92.4 Å². The van der Waals surface area contributed by atoms with Crippen LogP contribution in [0.25, 0.3) is 0 Å². The fourth-order valence-electron chi connectivity index (χ4n) is 1.39. The number of nitrogen functional groups attached to an aromatic ring is 1. The van der Waals surface area contributed by atoms with Crippen LogP contribution >= 0.6 is 0 Å². The van der Waals surface area contributed by atoms with Crippen LogP contribution in [0.15, 0.2) is 17.0 Å². The van der Waals surface area contributed by atoms with Crippen molar-refractivity contribution in [2.45, 2.75) is 18.7 Å². The number of hydrogen-bond donors (Lipinski definition) is 3. The molecule has 6 heteroatoms. The number of nitrogens with one attached hydrogen (secondary N) is 1. The van der Waals surface area contributed by atoms with Crippen molar-refractivity contribution in [3.8, 4) is 0 Å². The average molecular weight is 244 g/mol. The maximum atomic E-state index is 11.8. The van der Waals surface area contributed by atoms with Crippen molar-refractivity contribution in [1.82, 2.24) is 4.72 Å². The zero-order valence-corrected chi connectivity index (χ0v) is 10.1. The summed E-state index contributed by atoms with van der Waals surface area (Å²) in [4.78, 5) is 0.165. The van der Waals surface area contributed by atoms with Crippen LogP contribution in [0.4, 0.5) is 5.69 Å². The molecule has 16 heavy (non-hydrogen) atoms. The van der Waals surface area contributed by atoms with Crippen molar-refractivity contribution in [2.24, 2.45) is 0 Å². The molecule has 5 nitrogen and oxygen atoms in total. The molecule has 1 rings (SSSR count). The fraction of sp³-hybridized carbons (Fsp3) is 0.400. The third-order valence-corrected chi connectivity index (χ3v) is 3.83. The Bertz CT molecular complexity index is 483. The molecule has 0 saturated heterocycles. The summed E-state index contributed by atoms with van der Waals surface area (Å²) in [6.07, 6.45) is 0. The smallest absolute Gasteiger partial charge is 0.240 e. The van der Waals surface area contributed by atoms with Gasteiger partial charge in [0, 0.05) is 12.2 Å². The lowest BCUT2D eigenvalue weighted by atomic mass is 10.1. The van der Waals surface area contributed by atoms with Gasteiger partial charge in [0.05, 0.1) is 11.5 Å². The van der Waals surface area contributed by atoms with Crippen LogP contribution in [0.1, 0.15) is 11.1 Å². The Kier molecular flexibility index (Phi) is 3.90. The third-order valence-electron chi connectivity index (χ3n) is 2.24. The fourth-order valence-corrected chi connectivity index (χ4v) is 2.77. The van der Waals surface area contributed by atoms with Crippen LogP contribution in [0.2, 0.25) is 0 Å². The minimum absolute atomic E-state index is 0.00435. The Morgan fingerprint density at radius 3 is 2.56 bits per heavy atom. The van der Waals surface area contributed by atoms with Crippen LogP contribution in [0.3, 0.4) is 0 Å². The quantitative estimate of drug-likeness (QED) is 0.658. The molecule has 1 aromatic carbocycles. The average Bonchev–Trinajstić information content (AvgIpc) is 2.20. The van der Waals surface area contributed by atoms with Gasteiger partial charge in [-0.3, -0.25) is 0 Å². The van der Waals surface area contributed by atoms with E-state index in [1.54, 1.807) is 26.0 Å². The molecule has 0 radical (unpaired) electrons. The first-order chi connectivity index (χ1) is 7.38. The van der Waals surface area contributed by atoms with Crippen LogP contribution in [0, 0.1) is 13.8 Å². The molecule has 0 saturated carbocycles. The Hall–Kier alpha value is -1.11. The zero-order valence-electron chi connectivity index (χ0n) is 9.32. The molecule has 0 unspecified atom stereocenters. The van der Waals surface area contributed by atoms with Crippen molar-refractivity contribution in [3.05, 3.63) is 23.3 Å². The number of benzene rings is 1. The van der Waals surface area contributed by atoms with Gasteiger partial charge in [0.25, 0.3) is 0 Å². The monoisotopic (exact) mass is 244 g/mol. The predicted octanol–water partition coefficient (Wildman–Crippen LogP) is 0.156. The van der Waals surface area contributed by atoms with E-state index in [-0.39, 0.29) is 18.0 Å². The van der Waals surface area contributed by atoms with E-state index in [9.17, 15) is 8.42 Å². The summed E-state index contributed by atoms with van der Waals surface area (Å²) in [5.74, 6) is 0. The molecular weight excluding hydrogens is 228 g/mol. The second kappa shape index (κ2) is 4.82. The molecule has 0 amide bonds. The van der Waals surface area contributed by atoms with Gasteiger partial charge in [-0.2, -0.15) is 0 Å². The van der Waals surface area contributed by atoms with Gasteiger partial charge < -0.3 is 10.8 Å².